The van der Waals surface area contributed by atoms with Gasteiger partial charge in [-0.2, -0.15) is 0 Å². The molecule has 1 aliphatic rings. The number of hydrogen-bond acceptors (Lipinski definition) is 5. The van der Waals surface area contributed by atoms with E-state index in [1.807, 2.05) is 0 Å². The summed E-state index contributed by atoms with van der Waals surface area (Å²) in [7, 11) is 0. The Morgan fingerprint density at radius 1 is 1.04 bits per heavy atom. The second-order valence-electron chi connectivity index (χ2n) is 5.75. The van der Waals surface area contributed by atoms with Gasteiger partial charge in [0.05, 0.1) is 0 Å². The minimum atomic E-state index is -0.640. The molecule has 0 aromatic heterocycles. The van der Waals surface area contributed by atoms with Gasteiger partial charge < -0.3 is 14.8 Å². The van der Waals surface area contributed by atoms with E-state index in [1.54, 1.807) is 42.5 Å². The van der Waals surface area contributed by atoms with Gasteiger partial charge in [-0.1, -0.05) is 11.6 Å². The zero-order valence-corrected chi connectivity index (χ0v) is 14.5. The Morgan fingerprint density at radius 3 is 2.58 bits per heavy atom. The van der Waals surface area contributed by atoms with Gasteiger partial charge in [0.15, 0.2) is 19.0 Å². The predicted molar refractivity (Wildman–Crippen MR) is 95.6 cm³/mol. The van der Waals surface area contributed by atoms with Crippen LogP contribution in [0.4, 0.5) is 5.69 Å². The first-order valence-corrected chi connectivity index (χ1v) is 8.39. The van der Waals surface area contributed by atoms with Crippen LogP contribution in [-0.4, -0.2) is 30.9 Å². The lowest BCUT2D eigenvalue weighted by Gasteiger charge is -2.17. The summed E-state index contributed by atoms with van der Waals surface area (Å²) in [5.41, 5.74) is 2.12. The van der Waals surface area contributed by atoms with Crippen LogP contribution in [0.25, 0.3) is 0 Å². The van der Waals surface area contributed by atoms with Crippen LogP contribution in [-0.2, 0) is 20.7 Å². The molecule has 0 unspecified atom stereocenters. The van der Waals surface area contributed by atoms with Crippen LogP contribution >= 0.6 is 11.6 Å². The number of benzene rings is 2. The molecule has 3 rings (SSSR count). The van der Waals surface area contributed by atoms with Gasteiger partial charge in [0.2, 0.25) is 5.91 Å². The monoisotopic (exact) mass is 373 g/mol. The summed E-state index contributed by atoms with van der Waals surface area (Å²) in [5, 5.41) is 3.30. The lowest BCUT2D eigenvalue weighted by Crippen LogP contribution is -2.20. The summed E-state index contributed by atoms with van der Waals surface area (Å²) in [6, 6.07) is 11.5. The first-order chi connectivity index (χ1) is 12.5. The molecule has 0 saturated heterocycles. The molecule has 2 aromatic rings. The smallest absolute Gasteiger partial charge is 0.344 e. The number of ether oxygens (including phenoxy) is 2. The Bertz CT molecular complexity index is 848. The number of rotatable bonds is 6. The number of fused-ring (bicyclic) bond motifs is 1. The van der Waals surface area contributed by atoms with Crippen molar-refractivity contribution in [2.45, 2.75) is 12.8 Å². The van der Waals surface area contributed by atoms with Crippen LogP contribution in [0.1, 0.15) is 22.3 Å². The maximum Gasteiger partial charge on any atom is 0.344 e. The lowest BCUT2D eigenvalue weighted by atomic mass is 10.0. The first kappa shape index (κ1) is 17.9. The molecule has 7 heteroatoms. The van der Waals surface area contributed by atoms with Gasteiger partial charge in [0.25, 0.3) is 0 Å². The van der Waals surface area contributed by atoms with Crippen molar-refractivity contribution in [3.63, 3.8) is 0 Å². The third kappa shape index (κ3) is 4.61. The van der Waals surface area contributed by atoms with E-state index in [0.717, 1.165) is 11.3 Å². The van der Waals surface area contributed by atoms with Gasteiger partial charge in [0, 0.05) is 22.7 Å². The average Bonchev–Trinajstić information content (AvgIpc) is 2.65. The fraction of sp³-hybridized carbons (Fsp3) is 0.211. The molecule has 0 atom stereocenters. The SMILES string of the molecule is O=C1CCc2cc(OCC(=O)OCC(=O)c3ccc(Cl)cc3)ccc2N1. The molecule has 1 N–H and O–H groups in total. The summed E-state index contributed by atoms with van der Waals surface area (Å²) in [5.74, 6) is -0.473. The van der Waals surface area contributed by atoms with Crippen LogP contribution in [0, 0.1) is 0 Å². The van der Waals surface area contributed by atoms with E-state index in [2.05, 4.69) is 5.32 Å². The number of halogens is 1. The van der Waals surface area contributed by atoms with Crippen LogP contribution in [0.2, 0.25) is 5.02 Å². The topological polar surface area (TPSA) is 81.7 Å². The first-order valence-electron chi connectivity index (χ1n) is 8.01. The predicted octanol–water partition coefficient (Wildman–Crippen LogP) is 3.03. The molecule has 0 aliphatic carbocycles. The van der Waals surface area contributed by atoms with E-state index in [0.29, 0.717) is 29.2 Å². The van der Waals surface area contributed by atoms with E-state index < -0.39 is 5.97 Å². The molecular weight excluding hydrogens is 358 g/mol. The Hall–Kier alpha value is -2.86. The van der Waals surface area contributed by atoms with Crippen LogP contribution in [0.3, 0.4) is 0 Å². The maximum atomic E-state index is 11.9. The molecule has 1 aliphatic heterocycles. The Labute approximate surface area is 155 Å². The number of anilines is 1. The van der Waals surface area contributed by atoms with Crippen molar-refractivity contribution < 1.29 is 23.9 Å². The van der Waals surface area contributed by atoms with Gasteiger partial charge in [-0.15, -0.1) is 0 Å². The summed E-state index contributed by atoms with van der Waals surface area (Å²) < 4.78 is 10.3. The largest absolute Gasteiger partial charge is 0.482 e. The van der Waals surface area contributed by atoms with E-state index in [-0.39, 0.29) is 24.9 Å². The minimum absolute atomic E-state index is 0.0138. The van der Waals surface area contributed by atoms with E-state index >= 15 is 0 Å². The Morgan fingerprint density at radius 2 is 1.81 bits per heavy atom. The summed E-state index contributed by atoms with van der Waals surface area (Å²) >= 11 is 5.76. The van der Waals surface area contributed by atoms with Crippen molar-refractivity contribution in [3.05, 3.63) is 58.6 Å². The van der Waals surface area contributed by atoms with Crippen molar-refractivity contribution in [2.75, 3.05) is 18.5 Å². The second-order valence-corrected chi connectivity index (χ2v) is 6.18. The summed E-state index contributed by atoms with van der Waals surface area (Å²) in [6.45, 7) is -0.668. The summed E-state index contributed by atoms with van der Waals surface area (Å²) in [4.78, 5) is 35.0. The van der Waals surface area contributed by atoms with Crippen LogP contribution < -0.4 is 10.1 Å². The van der Waals surface area contributed by atoms with E-state index in [4.69, 9.17) is 21.1 Å². The highest BCUT2D eigenvalue weighted by molar-refractivity contribution is 6.30. The average molecular weight is 374 g/mol. The molecule has 0 saturated carbocycles. The number of hydrogen-bond donors (Lipinski definition) is 1. The Balaban J connectivity index is 1.47. The van der Waals surface area contributed by atoms with E-state index in [9.17, 15) is 14.4 Å². The highest BCUT2D eigenvalue weighted by Gasteiger charge is 2.16. The molecule has 1 heterocycles. The molecule has 0 spiro atoms. The third-order valence-corrected chi connectivity index (χ3v) is 4.11. The number of carbonyl (C=O) groups excluding carboxylic acids is 3. The highest BCUT2D eigenvalue weighted by Crippen LogP contribution is 2.26. The number of amides is 1. The van der Waals surface area contributed by atoms with Crippen molar-refractivity contribution in [3.8, 4) is 5.75 Å². The maximum absolute atomic E-state index is 11.9. The van der Waals surface area contributed by atoms with E-state index in [1.165, 1.54) is 0 Å². The number of Topliss-reactive ketones (excluding diaryl/α,β-unsaturated/α-hetero) is 1. The number of carbonyl (C=O) groups is 3. The Kier molecular flexibility index (Phi) is 5.53. The number of aryl methyl sites for hydroxylation is 1. The minimum Gasteiger partial charge on any atom is -0.482 e. The van der Waals surface area contributed by atoms with Gasteiger partial charge in [-0.05, 0) is 54.4 Å². The molecule has 0 fully saturated rings. The fourth-order valence-corrected chi connectivity index (χ4v) is 2.62. The molecule has 6 nitrogen and oxygen atoms in total. The highest BCUT2D eigenvalue weighted by atomic mass is 35.5. The molecule has 26 heavy (non-hydrogen) atoms. The number of ketones is 1. The normalized spacial score (nSPS) is 12.7. The zero-order valence-electron chi connectivity index (χ0n) is 13.8. The number of nitrogens with one attached hydrogen (secondary N) is 1. The lowest BCUT2D eigenvalue weighted by molar-refractivity contribution is -0.144. The van der Waals surface area contributed by atoms with Gasteiger partial charge in [-0.25, -0.2) is 4.79 Å². The van der Waals surface area contributed by atoms with Gasteiger partial charge in [-0.3, -0.25) is 9.59 Å². The quantitative estimate of drug-likeness (QED) is 0.621. The third-order valence-electron chi connectivity index (χ3n) is 3.86. The van der Waals surface area contributed by atoms with Gasteiger partial charge >= 0.3 is 5.97 Å². The van der Waals surface area contributed by atoms with Crippen molar-refractivity contribution >= 4 is 34.9 Å². The molecule has 0 radical (unpaired) electrons. The standard InChI is InChI=1S/C19H16ClNO5/c20-14-4-1-12(2-5-14)17(22)10-26-19(24)11-25-15-6-7-16-13(9-15)3-8-18(23)21-16/h1-2,4-7,9H,3,8,10-11H2,(H,21,23). The summed E-state index contributed by atoms with van der Waals surface area (Å²) in [6.07, 6.45) is 1.05. The second kappa shape index (κ2) is 8.01. The number of esters is 1. The molecular formula is C19H16ClNO5. The van der Waals surface area contributed by atoms with Crippen LogP contribution in [0.15, 0.2) is 42.5 Å². The van der Waals surface area contributed by atoms with Gasteiger partial charge in [0.1, 0.15) is 5.75 Å². The zero-order chi connectivity index (χ0) is 18.5. The van der Waals surface area contributed by atoms with Crippen LogP contribution in [0.5, 0.6) is 5.75 Å². The van der Waals surface area contributed by atoms with Crippen molar-refractivity contribution in [1.82, 2.24) is 0 Å². The molecule has 0 bridgehead atoms. The fourth-order valence-electron chi connectivity index (χ4n) is 2.50. The molecule has 1 amide bonds. The van der Waals surface area contributed by atoms with Crippen molar-refractivity contribution in [1.29, 1.82) is 0 Å². The molecule has 2 aromatic carbocycles. The molecule has 134 valence electrons. The van der Waals surface area contributed by atoms with Crippen molar-refractivity contribution in [2.24, 2.45) is 0 Å².